The van der Waals surface area contributed by atoms with Crippen LogP contribution in [0.2, 0.25) is 0 Å². The largest absolute Gasteiger partial charge is 0.297 e. The summed E-state index contributed by atoms with van der Waals surface area (Å²) in [6.07, 6.45) is 4.20. The molecule has 16 heavy (non-hydrogen) atoms. The van der Waals surface area contributed by atoms with Gasteiger partial charge >= 0.3 is 0 Å². The molecule has 0 saturated heterocycles. The second-order valence-corrected chi connectivity index (χ2v) is 5.22. The molecular weight excluding hydrogens is 240 g/mol. The van der Waals surface area contributed by atoms with Gasteiger partial charge in [0.15, 0.2) is 6.29 Å². The maximum absolute atomic E-state index is 10.6. The molecule has 3 aromatic rings. The molecule has 3 heterocycles. The highest BCUT2D eigenvalue weighted by molar-refractivity contribution is 7.17. The molecule has 0 amide bonds. The molecule has 5 heteroatoms. The molecule has 3 nitrogen and oxygen atoms in total. The molecule has 78 valence electrons. The van der Waals surface area contributed by atoms with Crippen molar-refractivity contribution in [2.45, 2.75) is 0 Å². The Hall–Kier alpha value is -1.59. The molecule has 0 aromatic carbocycles. The van der Waals surface area contributed by atoms with Crippen LogP contribution >= 0.6 is 22.7 Å². The number of hydrogen-bond acceptors (Lipinski definition) is 5. The van der Waals surface area contributed by atoms with E-state index in [4.69, 9.17) is 0 Å². The number of aromatic nitrogens is 2. The number of pyridine rings is 1. The number of carbonyl (C=O) groups is 1. The Bertz CT molecular complexity index is 657. The quantitative estimate of drug-likeness (QED) is 0.652. The van der Waals surface area contributed by atoms with Crippen molar-refractivity contribution in [3.8, 4) is 10.6 Å². The lowest BCUT2D eigenvalue weighted by molar-refractivity contribution is 0.112. The fourth-order valence-electron chi connectivity index (χ4n) is 1.44. The Kier molecular flexibility index (Phi) is 2.27. The zero-order valence-electron chi connectivity index (χ0n) is 8.08. The minimum Gasteiger partial charge on any atom is -0.297 e. The van der Waals surface area contributed by atoms with Gasteiger partial charge in [0.25, 0.3) is 0 Å². The van der Waals surface area contributed by atoms with E-state index in [9.17, 15) is 4.79 Å². The minimum absolute atomic E-state index is 0.640. The van der Waals surface area contributed by atoms with Gasteiger partial charge < -0.3 is 0 Å². The number of thiazole rings is 1. The third-order valence-corrected chi connectivity index (χ3v) is 4.01. The summed E-state index contributed by atoms with van der Waals surface area (Å²) >= 11 is 3.04. The van der Waals surface area contributed by atoms with Gasteiger partial charge in [0.2, 0.25) is 0 Å². The zero-order valence-corrected chi connectivity index (χ0v) is 9.72. The highest BCUT2D eigenvalue weighted by Gasteiger charge is 2.06. The van der Waals surface area contributed by atoms with Crippen LogP contribution in [0.1, 0.15) is 9.67 Å². The van der Waals surface area contributed by atoms with Crippen LogP contribution in [0.25, 0.3) is 20.8 Å². The van der Waals surface area contributed by atoms with Crippen molar-refractivity contribution < 1.29 is 4.79 Å². The lowest BCUT2D eigenvalue weighted by Gasteiger charge is -1.95. The van der Waals surface area contributed by atoms with Gasteiger partial charge in [-0.15, -0.1) is 22.7 Å². The Morgan fingerprint density at radius 3 is 3.00 bits per heavy atom. The highest BCUT2D eigenvalue weighted by atomic mass is 32.1. The number of nitrogens with zero attached hydrogens (tertiary/aromatic N) is 2. The predicted octanol–water partition coefficient (Wildman–Crippen LogP) is 3.23. The van der Waals surface area contributed by atoms with Crippen LogP contribution in [0, 0.1) is 0 Å². The first-order chi connectivity index (χ1) is 7.86. The van der Waals surface area contributed by atoms with Crippen molar-refractivity contribution in [1.29, 1.82) is 0 Å². The highest BCUT2D eigenvalue weighted by Crippen LogP contribution is 2.28. The molecule has 0 radical (unpaired) electrons. The number of thiophene rings is 1. The molecule has 0 aliphatic rings. The first kappa shape index (κ1) is 9.62. The summed E-state index contributed by atoms with van der Waals surface area (Å²) in [5.74, 6) is 0. The minimum atomic E-state index is 0.640. The average Bonchev–Trinajstić information content (AvgIpc) is 2.96. The van der Waals surface area contributed by atoms with E-state index in [2.05, 4.69) is 16.0 Å². The summed E-state index contributed by atoms with van der Waals surface area (Å²) in [7, 11) is 0. The fraction of sp³-hybridized carbons (Fsp3) is 0. The van der Waals surface area contributed by atoms with E-state index in [1.807, 2.05) is 11.4 Å². The molecule has 0 N–H and O–H groups in total. The molecular formula is C11H6N2OS2. The maximum Gasteiger partial charge on any atom is 0.161 e. The van der Waals surface area contributed by atoms with Gasteiger partial charge in [-0.3, -0.25) is 9.78 Å². The van der Waals surface area contributed by atoms with Crippen LogP contribution in [0.5, 0.6) is 0 Å². The number of fused-ring (bicyclic) bond motifs is 1. The predicted molar refractivity (Wildman–Crippen MR) is 66.1 cm³/mol. The van der Waals surface area contributed by atoms with Crippen LogP contribution in [0.4, 0.5) is 0 Å². The van der Waals surface area contributed by atoms with Gasteiger partial charge in [-0.1, -0.05) is 0 Å². The monoisotopic (exact) mass is 246 g/mol. The summed E-state index contributed by atoms with van der Waals surface area (Å²) in [5.41, 5.74) is 1.97. The lowest BCUT2D eigenvalue weighted by Crippen LogP contribution is -1.77. The Morgan fingerprint density at radius 1 is 1.25 bits per heavy atom. The summed E-state index contributed by atoms with van der Waals surface area (Å²) in [6.45, 7) is 0. The van der Waals surface area contributed by atoms with E-state index < -0.39 is 0 Å². The number of aldehydes is 1. The number of hydrogen-bond donors (Lipinski definition) is 0. The molecule has 0 fully saturated rings. The van der Waals surface area contributed by atoms with Gasteiger partial charge in [0.05, 0.1) is 15.1 Å². The number of carbonyl (C=O) groups excluding carboxylic acids is 1. The van der Waals surface area contributed by atoms with E-state index >= 15 is 0 Å². The van der Waals surface area contributed by atoms with Crippen LogP contribution in [0.15, 0.2) is 29.9 Å². The SMILES string of the molecule is O=Cc1cnc(-c2cnc3ccsc3c2)s1. The molecule has 3 rings (SSSR count). The van der Waals surface area contributed by atoms with Crippen molar-refractivity contribution in [3.05, 3.63) is 34.8 Å². The van der Waals surface area contributed by atoms with E-state index in [1.165, 1.54) is 11.3 Å². The average molecular weight is 246 g/mol. The van der Waals surface area contributed by atoms with Gasteiger partial charge in [0.1, 0.15) is 5.01 Å². The third kappa shape index (κ3) is 1.54. The Balaban J connectivity index is 2.13. The molecule has 0 spiro atoms. The topological polar surface area (TPSA) is 42.9 Å². The molecule has 0 aliphatic carbocycles. The Morgan fingerprint density at radius 2 is 2.19 bits per heavy atom. The fourth-order valence-corrected chi connectivity index (χ4v) is 2.93. The second kappa shape index (κ2) is 3.77. The van der Waals surface area contributed by atoms with Crippen LogP contribution < -0.4 is 0 Å². The normalized spacial score (nSPS) is 10.8. The lowest BCUT2D eigenvalue weighted by atomic mass is 10.3. The van der Waals surface area contributed by atoms with Gasteiger partial charge in [-0.05, 0) is 17.5 Å². The van der Waals surface area contributed by atoms with Gasteiger partial charge in [-0.2, -0.15) is 0 Å². The van der Waals surface area contributed by atoms with Crippen molar-refractivity contribution in [3.63, 3.8) is 0 Å². The number of rotatable bonds is 2. The van der Waals surface area contributed by atoms with Crippen molar-refractivity contribution >= 4 is 39.2 Å². The summed E-state index contributed by atoms with van der Waals surface area (Å²) in [6, 6.07) is 4.04. The first-order valence-corrected chi connectivity index (χ1v) is 6.31. The van der Waals surface area contributed by atoms with Gasteiger partial charge in [-0.25, -0.2) is 4.98 Å². The molecule has 0 bridgehead atoms. The van der Waals surface area contributed by atoms with Crippen molar-refractivity contribution in [2.24, 2.45) is 0 Å². The maximum atomic E-state index is 10.6. The van der Waals surface area contributed by atoms with E-state index in [0.717, 1.165) is 27.1 Å². The summed E-state index contributed by atoms with van der Waals surface area (Å²) in [4.78, 5) is 19.8. The molecule has 0 unspecified atom stereocenters. The molecule has 3 aromatic heterocycles. The van der Waals surface area contributed by atoms with Crippen molar-refractivity contribution in [1.82, 2.24) is 9.97 Å². The van der Waals surface area contributed by atoms with Crippen LogP contribution in [-0.4, -0.2) is 16.3 Å². The molecule has 0 saturated carbocycles. The van der Waals surface area contributed by atoms with Gasteiger partial charge in [0, 0.05) is 18.0 Å². The molecule has 0 aliphatic heterocycles. The van der Waals surface area contributed by atoms with Crippen molar-refractivity contribution in [2.75, 3.05) is 0 Å². The summed E-state index contributed by atoms with van der Waals surface area (Å²) < 4.78 is 1.14. The third-order valence-electron chi connectivity index (χ3n) is 2.19. The Labute approximate surface area is 99.4 Å². The van der Waals surface area contributed by atoms with E-state index in [0.29, 0.717) is 4.88 Å². The second-order valence-electron chi connectivity index (χ2n) is 3.21. The smallest absolute Gasteiger partial charge is 0.161 e. The zero-order chi connectivity index (χ0) is 11.0. The molecule has 0 atom stereocenters. The summed E-state index contributed by atoms with van der Waals surface area (Å²) in [5, 5.41) is 2.85. The van der Waals surface area contributed by atoms with E-state index in [1.54, 1.807) is 23.7 Å². The van der Waals surface area contributed by atoms with E-state index in [-0.39, 0.29) is 0 Å². The standard InChI is InChI=1S/C11H6N2OS2/c14-6-8-5-13-11(16-8)7-3-10-9(12-4-7)1-2-15-10/h1-6H. The van der Waals surface area contributed by atoms with Crippen LogP contribution in [0.3, 0.4) is 0 Å². The first-order valence-electron chi connectivity index (χ1n) is 4.61. The van der Waals surface area contributed by atoms with Crippen LogP contribution in [-0.2, 0) is 0 Å².